The van der Waals surface area contributed by atoms with Gasteiger partial charge in [0, 0.05) is 13.1 Å². The zero-order valence-electron chi connectivity index (χ0n) is 14.2. The normalized spacial score (nSPS) is 14.1. The van der Waals surface area contributed by atoms with E-state index >= 15 is 0 Å². The average molecular weight is 385 g/mol. The lowest BCUT2D eigenvalue weighted by molar-refractivity contribution is -0.274. The van der Waals surface area contributed by atoms with Gasteiger partial charge in [-0.1, -0.05) is 6.07 Å². The zero-order valence-corrected chi connectivity index (χ0v) is 14.2. The second kappa shape index (κ2) is 8.36. The van der Waals surface area contributed by atoms with Crippen LogP contribution in [0, 0.1) is 0 Å². The second-order valence-electron chi connectivity index (χ2n) is 5.80. The standard InChI is InChI=1S/C18H18F3NO5/c19-18(20,21)27-15-4-2-14(3-5-15)24-10-13(23)9-22-8-12-1-6-16-17(7-12)26-11-25-16/h1-7,13,22-23H,8-11H2. The van der Waals surface area contributed by atoms with E-state index in [0.29, 0.717) is 23.8 Å². The van der Waals surface area contributed by atoms with Crippen molar-refractivity contribution in [2.24, 2.45) is 0 Å². The Morgan fingerprint density at radius 3 is 2.48 bits per heavy atom. The summed E-state index contributed by atoms with van der Waals surface area (Å²) in [4.78, 5) is 0. The van der Waals surface area contributed by atoms with E-state index in [1.54, 1.807) is 0 Å². The van der Waals surface area contributed by atoms with Gasteiger partial charge in [0.15, 0.2) is 11.5 Å². The Kier molecular flexibility index (Phi) is 5.92. The molecule has 2 aromatic rings. The van der Waals surface area contributed by atoms with Crippen molar-refractivity contribution in [1.82, 2.24) is 5.32 Å². The molecule has 9 heteroatoms. The minimum Gasteiger partial charge on any atom is -0.491 e. The van der Waals surface area contributed by atoms with E-state index in [2.05, 4.69) is 10.1 Å². The van der Waals surface area contributed by atoms with Crippen LogP contribution in [0.15, 0.2) is 42.5 Å². The molecule has 2 N–H and O–H groups in total. The summed E-state index contributed by atoms with van der Waals surface area (Å²) >= 11 is 0. The predicted molar refractivity (Wildman–Crippen MR) is 88.9 cm³/mol. The number of hydrogen-bond donors (Lipinski definition) is 2. The molecule has 2 aromatic carbocycles. The molecule has 27 heavy (non-hydrogen) atoms. The molecule has 1 atom stereocenters. The summed E-state index contributed by atoms with van der Waals surface area (Å²) in [6, 6.07) is 10.6. The third-order valence-corrected chi connectivity index (χ3v) is 3.65. The van der Waals surface area contributed by atoms with Crippen LogP contribution >= 0.6 is 0 Å². The van der Waals surface area contributed by atoms with Gasteiger partial charge in [-0.25, -0.2) is 0 Å². The molecule has 0 fully saturated rings. The van der Waals surface area contributed by atoms with E-state index < -0.39 is 12.5 Å². The van der Waals surface area contributed by atoms with Gasteiger partial charge in [-0.05, 0) is 42.0 Å². The van der Waals surface area contributed by atoms with Crippen LogP contribution in [-0.4, -0.2) is 37.5 Å². The number of fused-ring (bicyclic) bond motifs is 1. The van der Waals surface area contributed by atoms with Gasteiger partial charge >= 0.3 is 6.36 Å². The average Bonchev–Trinajstić information content (AvgIpc) is 3.07. The lowest BCUT2D eigenvalue weighted by atomic mass is 10.2. The van der Waals surface area contributed by atoms with Gasteiger partial charge in [0.1, 0.15) is 24.2 Å². The second-order valence-corrected chi connectivity index (χ2v) is 5.80. The van der Waals surface area contributed by atoms with Gasteiger partial charge in [-0.2, -0.15) is 0 Å². The summed E-state index contributed by atoms with van der Waals surface area (Å²) in [6.07, 6.45) is -5.52. The lowest BCUT2D eigenvalue weighted by Crippen LogP contribution is -2.31. The molecule has 0 aliphatic carbocycles. The molecule has 1 heterocycles. The summed E-state index contributed by atoms with van der Waals surface area (Å²) < 4.78 is 55.9. The SMILES string of the molecule is OC(CNCc1ccc2c(c1)OCO2)COc1ccc(OC(F)(F)F)cc1. The molecule has 0 radical (unpaired) electrons. The van der Waals surface area contributed by atoms with Crippen LogP contribution in [0.25, 0.3) is 0 Å². The maximum Gasteiger partial charge on any atom is 0.573 e. The van der Waals surface area contributed by atoms with E-state index in [-0.39, 0.29) is 25.7 Å². The third-order valence-electron chi connectivity index (χ3n) is 3.65. The van der Waals surface area contributed by atoms with Crippen molar-refractivity contribution in [2.45, 2.75) is 19.0 Å². The number of rotatable bonds is 8. The molecule has 6 nitrogen and oxygen atoms in total. The number of aliphatic hydroxyl groups is 1. The van der Waals surface area contributed by atoms with Gasteiger partial charge in [-0.3, -0.25) is 0 Å². The summed E-state index contributed by atoms with van der Waals surface area (Å²) in [6.45, 7) is 1.01. The number of alkyl halides is 3. The van der Waals surface area contributed by atoms with Crippen LogP contribution in [0.1, 0.15) is 5.56 Å². The molecule has 3 rings (SSSR count). The number of hydrogen-bond acceptors (Lipinski definition) is 6. The first-order chi connectivity index (χ1) is 12.9. The van der Waals surface area contributed by atoms with Gasteiger partial charge < -0.3 is 29.4 Å². The molecule has 0 amide bonds. The number of ether oxygens (including phenoxy) is 4. The van der Waals surface area contributed by atoms with Crippen molar-refractivity contribution in [2.75, 3.05) is 19.9 Å². The topological polar surface area (TPSA) is 69.2 Å². The van der Waals surface area contributed by atoms with Crippen molar-refractivity contribution in [3.05, 3.63) is 48.0 Å². The zero-order chi connectivity index (χ0) is 19.3. The van der Waals surface area contributed by atoms with Crippen molar-refractivity contribution in [3.8, 4) is 23.0 Å². The van der Waals surface area contributed by atoms with Crippen LogP contribution in [0.2, 0.25) is 0 Å². The van der Waals surface area contributed by atoms with Crippen molar-refractivity contribution in [3.63, 3.8) is 0 Å². The molecule has 0 spiro atoms. The minimum absolute atomic E-state index is 0.00634. The molecule has 0 aromatic heterocycles. The van der Waals surface area contributed by atoms with Crippen LogP contribution < -0.4 is 24.3 Å². The summed E-state index contributed by atoms with van der Waals surface area (Å²) in [5, 5.41) is 13.0. The highest BCUT2D eigenvalue weighted by molar-refractivity contribution is 5.44. The fourth-order valence-corrected chi connectivity index (χ4v) is 2.42. The van der Waals surface area contributed by atoms with E-state index in [1.165, 1.54) is 12.1 Å². The van der Waals surface area contributed by atoms with E-state index in [1.807, 2.05) is 18.2 Å². The highest BCUT2D eigenvalue weighted by Crippen LogP contribution is 2.32. The Hall–Kier alpha value is -2.65. The van der Waals surface area contributed by atoms with Crippen molar-refractivity contribution in [1.29, 1.82) is 0 Å². The molecular weight excluding hydrogens is 367 g/mol. The first-order valence-electron chi connectivity index (χ1n) is 8.15. The van der Waals surface area contributed by atoms with Crippen LogP contribution in [0.4, 0.5) is 13.2 Å². The molecule has 146 valence electrons. The summed E-state index contributed by atoms with van der Waals surface area (Å²) in [5.74, 6) is 1.40. The van der Waals surface area contributed by atoms with Gasteiger partial charge in [-0.15, -0.1) is 13.2 Å². The number of halogens is 3. The van der Waals surface area contributed by atoms with Crippen molar-refractivity contribution < 1.29 is 37.2 Å². The highest BCUT2D eigenvalue weighted by Gasteiger charge is 2.31. The number of aliphatic hydroxyl groups excluding tert-OH is 1. The third kappa shape index (κ3) is 5.93. The predicted octanol–water partition coefficient (Wildman–Crippen LogP) is 2.84. The molecule has 0 saturated heterocycles. The highest BCUT2D eigenvalue weighted by atomic mass is 19.4. The summed E-state index contributed by atoms with van der Waals surface area (Å²) in [5.41, 5.74) is 0.979. The maximum atomic E-state index is 12.1. The molecule has 1 aliphatic heterocycles. The number of benzene rings is 2. The molecule has 1 unspecified atom stereocenters. The molecule has 0 bridgehead atoms. The minimum atomic E-state index is -4.73. The Bertz CT molecular complexity index is 752. The smallest absolute Gasteiger partial charge is 0.491 e. The van der Waals surface area contributed by atoms with E-state index in [9.17, 15) is 18.3 Å². The van der Waals surface area contributed by atoms with E-state index in [4.69, 9.17) is 14.2 Å². The van der Waals surface area contributed by atoms with Gasteiger partial charge in [0.05, 0.1) is 0 Å². The van der Waals surface area contributed by atoms with E-state index in [0.717, 1.165) is 17.7 Å². The van der Waals surface area contributed by atoms with Crippen molar-refractivity contribution >= 4 is 0 Å². The first-order valence-corrected chi connectivity index (χ1v) is 8.15. The fraction of sp³-hybridized carbons (Fsp3) is 0.333. The Morgan fingerprint density at radius 2 is 1.74 bits per heavy atom. The molecule has 0 saturated carbocycles. The lowest BCUT2D eigenvalue weighted by Gasteiger charge is -2.14. The monoisotopic (exact) mass is 385 g/mol. The fourth-order valence-electron chi connectivity index (χ4n) is 2.42. The molecular formula is C18H18F3NO5. The Morgan fingerprint density at radius 1 is 1.04 bits per heavy atom. The van der Waals surface area contributed by atoms with Gasteiger partial charge in [0.2, 0.25) is 6.79 Å². The first kappa shape index (κ1) is 19.1. The van der Waals surface area contributed by atoms with Crippen LogP contribution in [0.3, 0.4) is 0 Å². The Balaban J connectivity index is 1.37. The quantitative estimate of drug-likeness (QED) is 0.728. The van der Waals surface area contributed by atoms with Gasteiger partial charge in [0.25, 0.3) is 0 Å². The molecule has 1 aliphatic rings. The summed E-state index contributed by atoms with van der Waals surface area (Å²) in [7, 11) is 0. The maximum absolute atomic E-state index is 12.1. The Labute approximate surface area is 153 Å². The number of nitrogens with one attached hydrogen (secondary N) is 1. The van der Waals surface area contributed by atoms with Crippen LogP contribution in [0.5, 0.6) is 23.0 Å². The van der Waals surface area contributed by atoms with Crippen LogP contribution in [-0.2, 0) is 6.54 Å². The largest absolute Gasteiger partial charge is 0.573 e.